The topological polar surface area (TPSA) is 86.5 Å². The second-order valence-electron chi connectivity index (χ2n) is 4.54. The number of amides is 1. The molecular formula is C12H19N3O3S. The summed E-state index contributed by atoms with van der Waals surface area (Å²) in [5.41, 5.74) is 5.50. The third kappa shape index (κ3) is 3.50. The number of hydrogen-bond donors (Lipinski definition) is 2. The lowest BCUT2D eigenvalue weighted by atomic mass is 10.0. The van der Waals surface area contributed by atoms with E-state index in [4.69, 9.17) is 15.2 Å². The van der Waals surface area contributed by atoms with Gasteiger partial charge in [-0.15, -0.1) is 11.3 Å². The number of hydrogen-bond acceptors (Lipinski definition) is 6. The molecule has 1 aromatic rings. The van der Waals surface area contributed by atoms with E-state index in [0.29, 0.717) is 38.4 Å². The van der Waals surface area contributed by atoms with Crippen LogP contribution in [-0.2, 0) is 15.9 Å². The molecule has 1 saturated heterocycles. The number of nitrogens with zero attached hydrogens (tertiary/aromatic N) is 1. The summed E-state index contributed by atoms with van der Waals surface area (Å²) in [6.45, 7) is 2.16. The molecule has 1 atom stereocenters. The number of ether oxygens (including phenoxy) is 2. The van der Waals surface area contributed by atoms with Crippen LogP contribution in [0.25, 0.3) is 0 Å². The number of carbonyl (C=O) groups excluding carboxylic acids is 1. The molecule has 6 nitrogen and oxygen atoms in total. The molecule has 19 heavy (non-hydrogen) atoms. The van der Waals surface area contributed by atoms with Crippen LogP contribution in [0, 0.1) is 0 Å². The second-order valence-corrected chi connectivity index (χ2v) is 5.48. The Morgan fingerprint density at radius 2 is 2.58 bits per heavy atom. The zero-order valence-electron chi connectivity index (χ0n) is 11.0. The molecule has 3 N–H and O–H groups in total. The summed E-state index contributed by atoms with van der Waals surface area (Å²) in [7, 11) is 1.64. The molecule has 106 valence electrons. The Morgan fingerprint density at radius 3 is 3.21 bits per heavy atom. The Morgan fingerprint density at radius 1 is 1.74 bits per heavy atom. The van der Waals surface area contributed by atoms with E-state index < -0.39 is 5.60 Å². The number of nitrogens with two attached hydrogens (primary N) is 1. The zero-order chi connectivity index (χ0) is 13.7. The fraction of sp³-hybridized carbons (Fsp3) is 0.667. The second kappa shape index (κ2) is 6.42. The van der Waals surface area contributed by atoms with E-state index in [-0.39, 0.29) is 5.91 Å². The van der Waals surface area contributed by atoms with Gasteiger partial charge < -0.3 is 20.5 Å². The van der Waals surface area contributed by atoms with Crippen LogP contribution in [0.1, 0.15) is 21.9 Å². The summed E-state index contributed by atoms with van der Waals surface area (Å²) in [4.78, 5) is 16.2. The van der Waals surface area contributed by atoms with Crippen LogP contribution in [0.15, 0.2) is 5.38 Å². The molecule has 1 amide bonds. The predicted molar refractivity (Wildman–Crippen MR) is 72.4 cm³/mol. The molecule has 1 aliphatic rings. The van der Waals surface area contributed by atoms with Crippen molar-refractivity contribution in [2.24, 2.45) is 5.73 Å². The minimum Gasteiger partial charge on any atom is -0.378 e. The van der Waals surface area contributed by atoms with Crippen molar-refractivity contribution in [3.63, 3.8) is 0 Å². The molecule has 0 spiro atoms. The van der Waals surface area contributed by atoms with Crippen molar-refractivity contribution in [2.75, 3.05) is 33.4 Å². The van der Waals surface area contributed by atoms with E-state index in [1.807, 2.05) is 0 Å². The molecule has 0 bridgehead atoms. The lowest BCUT2D eigenvalue weighted by Crippen LogP contribution is -2.45. The highest BCUT2D eigenvalue weighted by molar-refractivity contribution is 7.09. The molecule has 7 heteroatoms. The quantitative estimate of drug-likeness (QED) is 0.778. The van der Waals surface area contributed by atoms with Gasteiger partial charge >= 0.3 is 0 Å². The van der Waals surface area contributed by atoms with Gasteiger partial charge in [-0.3, -0.25) is 4.79 Å². The monoisotopic (exact) mass is 285 g/mol. The largest absolute Gasteiger partial charge is 0.378 e. The first-order valence-corrected chi connectivity index (χ1v) is 7.13. The van der Waals surface area contributed by atoms with Crippen molar-refractivity contribution in [1.29, 1.82) is 0 Å². The minimum absolute atomic E-state index is 0.178. The molecule has 2 rings (SSSR count). The van der Waals surface area contributed by atoms with E-state index in [1.54, 1.807) is 12.5 Å². The van der Waals surface area contributed by atoms with Crippen LogP contribution in [0.2, 0.25) is 0 Å². The van der Waals surface area contributed by atoms with Gasteiger partial charge in [0.15, 0.2) is 0 Å². The summed E-state index contributed by atoms with van der Waals surface area (Å²) >= 11 is 1.46. The molecular weight excluding hydrogens is 266 g/mol. The highest BCUT2D eigenvalue weighted by Gasteiger charge is 2.35. The highest BCUT2D eigenvalue weighted by Crippen LogP contribution is 2.21. The van der Waals surface area contributed by atoms with Crippen molar-refractivity contribution >= 4 is 17.2 Å². The smallest absolute Gasteiger partial charge is 0.270 e. The van der Waals surface area contributed by atoms with Crippen molar-refractivity contribution in [3.05, 3.63) is 16.1 Å². The molecule has 0 aliphatic carbocycles. The maximum Gasteiger partial charge on any atom is 0.270 e. The Balaban J connectivity index is 1.89. The third-order valence-electron chi connectivity index (χ3n) is 3.21. The van der Waals surface area contributed by atoms with E-state index in [1.165, 1.54) is 11.3 Å². The van der Waals surface area contributed by atoms with E-state index in [2.05, 4.69) is 10.3 Å². The standard InChI is InChI=1S/C12H19N3O3S/c1-17-12(3-5-18-8-12)7-14-11(16)9-6-19-10(15-9)2-4-13/h6H,2-5,7-8,13H2,1H3,(H,14,16). The highest BCUT2D eigenvalue weighted by atomic mass is 32.1. The Labute approximate surface area is 116 Å². The summed E-state index contributed by atoms with van der Waals surface area (Å²) in [6.07, 6.45) is 1.49. The lowest BCUT2D eigenvalue weighted by molar-refractivity contribution is -0.0149. The van der Waals surface area contributed by atoms with Crippen molar-refractivity contribution in [2.45, 2.75) is 18.4 Å². The van der Waals surface area contributed by atoms with Crippen LogP contribution in [-0.4, -0.2) is 49.9 Å². The molecule has 1 unspecified atom stereocenters. The van der Waals surface area contributed by atoms with Gasteiger partial charge in [-0.05, 0) is 6.54 Å². The normalized spacial score (nSPS) is 22.6. The molecule has 1 fully saturated rings. The third-order valence-corrected chi connectivity index (χ3v) is 4.12. The molecule has 1 aliphatic heterocycles. The molecule has 0 aromatic carbocycles. The van der Waals surface area contributed by atoms with Crippen LogP contribution in [0.3, 0.4) is 0 Å². The van der Waals surface area contributed by atoms with E-state index in [0.717, 1.165) is 11.4 Å². The molecule has 0 saturated carbocycles. The van der Waals surface area contributed by atoms with Gasteiger partial charge in [-0.2, -0.15) is 0 Å². The first kappa shape index (κ1) is 14.4. The van der Waals surface area contributed by atoms with Crippen LogP contribution >= 0.6 is 11.3 Å². The number of rotatable bonds is 6. The fourth-order valence-corrected chi connectivity index (χ4v) is 2.74. The molecule has 2 heterocycles. The average molecular weight is 285 g/mol. The van der Waals surface area contributed by atoms with Gasteiger partial charge in [0.1, 0.15) is 11.3 Å². The summed E-state index contributed by atoms with van der Waals surface area (Å²) in [5.74, 6) is -0.178. The van der Waals surface area contributed by atoms with Gasteiger partial charge in [0.2, 0.25) is 0 Å². The number of carbonyl (C=O) groups is 1. The van der Waals surface area contributed by atoms with E-state index >= 15 is 0 Å². The van der Waals surface area contributed by atoms with Gasteiger partial charge in [-0.1, -0.05) is 0 Å². The van der Waals surface area contributed by atoms with Crippen molar-refractivity contribution in [1.82, 2.24) is 10.3 Å². The minimum atomic E-state index is -0.397. The first-order chi connectivity index (χ1) is 9.19. The van der Waals surface area contributed by atoms with Gasteiger partial charge in [0.25, 0.3) is 5.91 Å². The van der Waals surface area contributed by atoms with Crippen molar-refractivity contribution in [3.8, 4) is 0 Å². The van der Waals surface area contributed by atoms with Crippen molar-refractivity contribution < 1.29 is 14.3 Å². The molecule has 1 aromatic heterocycles. The maximum absolute atomic E-state index is 12.0. The number of aromatic nitrogens is 1. The average Bonchev–Trinajstić information content (AvgIpc) is 3.06. The number of nitrogens with one attached hydrogen (secondary N) is 1. The number of methoxy groups -OCH3 is 1. The Bertz CT molecular complexity index is 430. The maximum atomic E-state index is 12.0. The zero-order valence-corrected chi connectivity index (χ0v) is 11.8. The Hall–Kier alpha value is -1.02. The van der Waals surface area contributed by atoms with Gasteiger partial charge in [-0.25, -0.2) is 4.98 Å². The van der Waals surface area contributed by atoms with E-state index in [9.17, 15) is 4.79 Å². The van der Waals surface area contributed by atoms with Crippen LogP contribution in [0.4, 0.5) is 0 Å². The first-order valence-electron chi connectivity index (χ1n) is 6.25. The van der Waals surface area contributed by atoms with Crippen LogP contribution in [0.5, 0.6) is 0 Å². The SMILES string of the molecule is COC1(CNC(=O)c2csc(CCN)n2)CCOC1. The summed E-state index contributed by atoms with van der Waals surface area (Å²) in [6, 6.07) is 0. The van der Waals surface area contributed by atoms with Gasteiger partial charge in [0, 0.05) is 38.5 Å². The lowest BCUT2D eigenvalue weighted by Gasteiger charge is -2.25. The molecule has 0 radical (unpaired) electrons. The summed E-state index contributed by atoms with van der Waals surface area (Å²) < 4.78 is 10.8. The van der Waals surface area contributed by atoms with Crippen LogP contribution < -0.4 is 11.1 Å². The Kier molecular flexibility index (Phi) is 4.87. The fourth-order valence-electron chi connectivity index (χ4n) is 1.95. The summed E-state index contributed by atoms with van der Waals surface area (Å²) in [5, 5.41) is 5.50. The van der Waals surface area contributed by atoms with Gasteiger partial charge in [0.05, 0.1) is 11.6 Å². The number of thiazole rings is 1. The predicted octanol–water partition coefficient (Wildman–Crippen LogP) is 0.180.